The predicted octanol–water partition coefficient (Wildman–Crippen LogP) is 11.3. The Balaban J connectivity index is 1.67. The van der Waals surface area contributed by atoms with Gasteiger partial charge >= 0.3 is 273 Å². The van der Waals surface area contributed by atoms with Gasteiger partial charge in [-0.2, -0.15) is 0 Å². The van der Waals surface area contributed by atoms with Crippen molar-refractivity contribution >= 4 is 15.9 Å². The van der Waals surface area contributed by atoms with Gasteiger partial charge in [0.15, 0.2) is 0 Å². The molecule has 0 spiro atoms. The van der Waals surface area contributed by atoms with Crippen LogP contribution >= 0.6 is 0 Å². The van der Waals surface area contributed by atoms with Gasteiger partial charge in [-0.15, -0.1) is 0 Å². The van der Waals surface area contributed by atoms with Gasteiger partial charge in [0, 0.05) is 0 Å². The van der Waals surface area contributed by atoms with Gasteiger partial charge in [-0.3, -0.25) is 0 Å². The van der Waals surface area contributed by atoms with Crippen LogP contribution in [0.15, 0.2) is 84.9 Å². The summed E-state index contributed by atoms with van der Waals surface area (Å²) in [5.41, 5.74) is 6.45. The molecular formula is C38H34F6O2Zr. The molecule has 9 heteroatoms. The predicted molar refractivity (Wildman–Crippen MR) is 171 cm³/mol. The molecule has 0 aliphatic heterocycles. The number of halogens is 6. The van der Waals surface area contributed by atoms with Crippen molar-refractivity contribution < 1.29 is 51.1 Å². The molecule has 0 N–H and O–H groups in total. The van der Waals surface area contributed by atoms with Crippen LogP contribution < -0.4 is 5.63 Å². The zero-order valence-corrected chi connectivity index (χ0v) is 29.0. The second kappa shape index (κ2) is 11.5. The molecule has 2 atom stereocenters. The van der Waals surface area contributed by atoms with Crippen LogP contribution in [0.25, 0.3) is 12.2 Å². The van der Waals surface area contributed by atoms with Crippen LogP contribution in [0.3, 0.4) is 0 Å². The molecule has 0 radical (unpaired) electrons. The average molecular weight is 728 g/mol. The number of rotatable bonds is 6. The fraction of sp³-hybridized carbons (Fsp3) is 0.237. The average Bonchev–Trinajstić information content (AvgIpc) is 3.62. The zero-order valence-electron chi connectivity index (χ0n) is 26.6. The number of alkyl halides is 6. The van der Waals surface area contributed by atoms with Gasteiger partial charge in [0.1, 0.15) is 0 Å². The summed E-state index contributed by atoms with van der Waals surface area (Å²) in [6, 6.07) is 17.5. The summed E-state index contributed by atoms with van der Waals surface area (Å²) >= 11 is -5.91. The third-order valence-corrected chi connectivity index (χ3v) is 24.4. The first-order valence-corrected chi connectivity index (χ1v) is 21.6. The number of aryl methyl sites for hydroxylation is 4. The molecule has 4 aromatic rings. The zero-order chi connectivity index (χ0) is 34.0. The molecule has 0 saturated heterocycles. The Bertz CT molecular complexity index is 1860. The van der Waals surface area contributed by atoms with E-state index in [0.717, 1.165) is 68.8 Å². The van der Waals surface area contributed by atoms with Crippen molar-refractivity contribution in [2.45, 2.75) is 54.2 Å². The van der Waals surface area contributed by atoms with Crippen LogP contribution in [-0.2, 0) is 31.5 Å². The van der Waals surface area contributed by atoms with Gasteiger partial charge in [0.25, 0.3) is 0 Å². The van der Waals surface area contributed by atoms with Crippen LogP contribution in [0, 0.1) is 27.7 Å². The summed E-state index contributed by atoms with van der Waals surface area (Å²) < 4.78 is 97.2. The summed E-state index contributed by atoms with van der Waals surface area (Å²) in [6.45, 7) is 9.91. The summed E-state index contributed by atoms with van der Waals surface area (Å²) in [5, 5.41) is 0. The SMILES string of the molecule is C[CH]=[Zr]([O]c1ccc(C(F)(F)F)cc1)([O]c1ccc(C(F)(F)F)cc1)([CH]1C=Cc2cc(C)c(C)cc21)[CH]1C=Cc2cc(C)c(C)cc21. The molecule has 2 aliphatic carbocycles. The van der Waals surface area contributed by atoms with Crippen molar-refractivity contribution in [3.05, 3.63) is 141 Å². The van der Waals surface area contributed by atoms with Gasteiger partial charge < -0.3 is 0 Å². The van der Waals surface area contributed by atoms with Crippen molar-refractivity contribution in [1.82, 2.24) is 0 Å². The fourth-order valence-electron chi connectivity index (χ4n) is 7.02. The Morgan fingerprint density at radius 3 is 1.21 bits per heavy atom. The van der Waals surface area contributed by atoms with Crippen molar-refractivity contribution in [2.75, 3.05) is 0 Å². The summed E-state index contributed by atoms with van der Waals surface area (Å²) in [4.78, 5) is 0. The van der Waals surface area contributed by atoms with E-state index in [9.17, 15) is 26.3 Å². The van der Waals surface area contributed by atoms with E-state index in [4.69, 9.17) is 5.63 Å². The molecule has 0 heterocycles. The number of allylic oxidation sites excluding steroid dienone is 2. The molecule has 0 saturated carbocycles. The number of hydrogen-bond donors (Lipinski definition) is 0. The Hall–Kier alpha value is -3.71. The molecule has 2 unspecified atom stereocenters. The van der Waals surface area contributed by atoms with Crippen LogP contribution in [0.5, 0.6) is 11.5 Å². The second-order valence-corrected chi connectivity index (χ2v) is 24.5. The van der Waals surface area contributed by atoms with E-state index < -0.39 is 49.9 Å². The van der Waals surface area contributed by atoms with Crippen LogP contribution in [0.1, 0.15) is 69.8 Å². The van der Waals surface area contributed by atoms with Gasteiger partial charge in [-0.1, -0.05) is 0 Å². The first-order valence-electron chi connectivity index (χ1n) is 15.3. The topological polar surface area (TPSA) is 18.5 Å². The van der Waals surface area contributed by atoms with Crippen LogP contribution in [-0.4, -0.2) is 3.71 Å². The van der Waals surface area contributed by atoms with E-state index in [1.807, 2.05) is 62.6 Å². The van der Waals surface area contributed by atoms with Crippen LogP contribution in [0.2, 0.25) is 0 Å². The molecule has 6 rings (SSSR count). The molecule has 47 heavy (non-hydrogen) atoms. The Morgan fingerprint density at radius 2 is 0.894 bits per heavy atom. The van der Waals surface area contributed by atoms with Gasteiger partial charge in [0.05, 0.1) is 0 Å². The third-order valence-electron chi connectivity index (χ3n) is 9.84. The van der Waals surface area contributed by atoms with E-state index >= 15 is 0 Å². The Morgan fingerprint density at radius 1 is 0.553 bits per heavy atom. The first kappa shape index (κ1) is 33.2. The normalized spacial score (nSPS) is 17.4. The molecule has 0 fully saturated rings. The first-order chi connectivity index (χ1) is 22.0. The molecule has 0 amide bonds. The van der Waals surface area contributed by atoms with Crippen LogP contribution in [0.4, 0.5) is 26.3 Å². The molecule has 244 valence electrons. The van der Waals surface area contributed by atoms with E-state index in [1.165, 1.54) is 24.3 Å². The Labute approximate surface area is 272 Å². The quantitative estimate of drug-likeness (QED) is 0.184. The van der Waals surface area contributed by atoms with Crippen molar-refractivity contribution in [3.63, 3.8) is 0 Å². The monoisotopic (exact) mass is 726 g/mol. The van der Waals surface area contributed by atoms with E-state index in [0.29, 0.717) is 0 Å². The van der Waals surface area contributed by atoms with Crippen molar-refractivity contribution in [3.8, 4) is 11.5 Å². The number of hydrogen-bond acceptors (Lipinski definition) is 2. The third kappa shape index (κ3) is 5.64. The van der Waals surface area contributed by atoms with Crippen molar-refractivity contribution in [2.24, 2.45) is 0 Å². The molecule has 0 bridgehead atoms. The number of fused-ring (bicyclic) bond motifs is 2. The Kier molecular flexibility index (Phi) is 8.10. The molecule has 4 aromatic carbocycles. The molecular weight excluding hydrogens is 694 g/mol. The van der Waals surface area contributed by atoms with Crippen molar-refractivity contribution in [1.29, 1.82) is 0 Å². The number of benzene rings is 4. The van der Waals surface area contributed by atoms with Gasteiger partial charge in [0.2, 0.25) is 0 Å². The standard InChI is InChI=1S/2C11H11.2C7H5F3O.C2H4.Zr/c2*1-8-6-10-4-3-5-11(10)7-9(8)2;2*8-7(9,10)5-1-3-6(11)4-2-5;1-2;/h2*3-7H,1-2H3;2*1-4,11H;1H,2H3;/q;;;;;+2/p-2. The summed E-state index contributed by atoms with van der Waals surface area (Å²) in [6.07, 6.45) is -0.999. The minimum atomic E-state index is -5.91. The fourth-order valence-corrected chi connectivity index (χ4v) is 21.4. The van der Waals surface area contributed by atoms with E-state index in [2.05, 4.69) is 24.3 Å². The van der Waals surface area contributed by atoms with Gasteiger partial charge in [-0.25, -0.2) is 0 Å². The molecule has 2 aliphatic rings. The maximum absolute atomic E-state index is 13.6. The summed E-state index contributed by atoms with van der Waals surface area (Å²) in [5.74, 6) is 0.370. The minimum absolute atomic E-state index is 0.185. The molecule has 0 aromatic heterocycles. The van der Waals surface area contributed by atoms with Gasteiger partial charge in [-0.05, 0) is 0 Å². The van der Waals surface area contributed by atoms with E-state index in [-0.39, 0.29) is 11.5 Å². The second-order valence-electron chi connectivity index (χ2n) is 12.6. The summed E-state index contributed by atoms with van der Waals surface area (Å²) in [7, 11) is 0. The maximum atomic E-state index is 13.6. The van der Waals surface area contributed by atoms with E-state index in [1.54, 1.807) is 0 Å². The molecule has 2 nitrogen and oxygen atoms in total.